The number of aliphatic carboxylic acids is 1. The number of benzene rings is 1. The number of carbonyl (C=O) groups is 1. The van der Waals surface area contributed by atoms with Gasteiger partial charge in [0, 0.05) is 25.2 Å². The van der Waals surface area contributed by atoms with Gasteiger partial charge in [-0.3, -0.25) is 0 Å². The lowest BCUT2D eigenvalue weighted by Crippen LogP contribution is -2.46. The highest BCUT2D eigenvalue weighted by atomic mass is 28.4. The zero-order valence-electron chi connectivity index (χ0n) is 16.0. The second-order valence-corrected chi connectivity index (χ2v) is 12.9. The Kier molecular flexibility index (Phi) is 6.29. The van der Waals surface area contributed by atoms with E-state index in [9.17, 15) is 9.90 Å². The highest BCUT2D eigenvalue weighted by Gasteiger charge is 2.40. The van der Waals surface area contributed by atoms with Crippen molar-refractivity contribution in [2.24, 2.45) is 0 Å². The molecule has 1 saturated heterocycles. The van der Waals surface area contributed by atoms with E-state index in [0.717, 1.165) is 37.6 Å². The number of nitrogens with zero attached hydrogens (tertiary/aromatic N) is 1. The Morgan fingerprint density at radius 3 is 2.28 bits per heavy atom. The fraction of sp³-hybridized carbons (Fsp3) is 0.632. The van der Waals surface area contributed by atoms with Gasteiger partial charge in [-0.15, -0.1) is 0 Å². The molecule has 0 radical (unpaired) electrons. The summed E-state index contributed by atoms with van der Waals surface area (Å²) in [4.78, 5) is 14.0. The summed E-state index contributed by atoms with van der Waals surface area (Å²) in [6, 6.07) is 8.14. The van der Waals surface area contributed by atoms with Crippen LogP contribution in [0.3, 0.4) is 0 Å². The van der Waals surface area contributed by atoms with E-state index in [0.29, 0.717) is 6.42 Å². The molecule has 0 aromatic heterocycles. The smallest absolute Gasteiger partial charge is 0.331 e. The number of carboxylic acids is 1. The van der Waals surface area contributed by atoms with Gasteiger partial charge < -0.3 is 19.2 Å². The molecule has 0 bridgehead atoms. The number of hydrogen-bond acceptors (Lipinski definition) is 4. The number of anilines is 1. The molecule has 1 N–H and O–H groups in total. The van der Waals surface area contributed by atoms with Gasteiger partial charge in [-0.05, 0) is 35.8 Å². The second-order valence-electron chi connectivity index (χ2n) is 8.18. The topological polar surface area (TPSA) is 59.0 Å². The maximum atomic E-state index is 11.7. The van der Waals surface area contributed by atoms with Crippen LogP contribution in [0, 0.1) is 0 Å². The van der Waals surface area contributed by atoms with Crippen LogP contribution < -0.4 is 4.90 Å². The minimum absolute atomic E-state index is 0.0130. The lowest BCUT2D eigenvalue weighted by atomic mass is 10.1. The second kappa shape index (κ2) is 7.89. The van der Waals surface area contributed by atoms with Crippen molar-refractivity contribution in [1.29, 1.82) is 0 Å². The molecule has 0 unspecified atom stereocenters. The van der Waals surface area contributed by atoms with Crippen LogP contribution in [-0.2, 0) is 20.4 Å². The van der Waals surface area contributed by atoms with Crippen molar-refractivity contribution in [3.8, 4) is 0 Å². The summed E-state index contributed by atoms with van der Waals surface area (Å²) in [5, 5.41) is 9.58. The average Bonchev–Trinajstić information content (AvgIpc) is 2.54. The molecule has 1 heterocycles. The SMILES string of the molecule is CC(C)(C)[Si](C)(C)O[C@H](Cc1ccc(N2CCOCC2)cc1)C(=O)O. The molecule has 1 aliphatic rings. The summed E-state index contributed by atoms with van der Waals surface area (Å²) in [7, 11) is -2.13. The normalized spacial score (nSPS) is 17.4. The van der Waals surface area contributed by atoms with Crippen LogP contribution in [0.4, 0.5) is 5.69 Å². The van der Waals surface area contributed by atoms with E-state index >= 15 is 0 Å². The van der Waals surface area contributed by atoms with E-state index < -0.39 is 20.4 Å². The Hall–Kier alpha value is -1.37. The first-order valence-electron chi connectivity index (χ1n) is 8.92. The summed E-state index contributed by atoms with van der Waals surface area (Å²) in [6.07, 6.45) is -0.402. The predicted molar refractivity (Wildman–Crippen MR) is 103 cm³/mol. The van der Waals surface area contributed by atoms with Crippen LogP contribution in [0.1, 0.15) is 26.3 Å². The third-order valence-corrected chi connectivity index (χ3v) is 9.74. The maximum Gasteiger partial charge on any atom is 0.331 e. The minimum atomic E-state index is -2.13. The van der Waals surface area contributed by atoms with Crippen molar-refractivity contribution in [2.75, 3.05) is 31.2 Å². The summed E-state index contributed by atoms with van der Waals surface area (Å²) < 4.78 is 11.5. The first kappa shape index (κ1) is 19.9. The Bertz CT molecular complexity index is 574. The molecule has 0 saturated carbocycles. The van der Waals surface area contributed by atoms with Gasteiger partial charge in [0.25, 0.3) is 0 Å². The van der Waals surface area contributed by atoms with Crippen LogP contribution in [0.5, 0.6) is 0 Å². The van der Waals surface area contributed by atoms with E-state index in [4.69, 9.17) is 9.16 Å². The molecule has 1 aromatic carbocycles. The molecule has 0 spiro atoms. The van der Waals surface area contributed by atoms with E-state index in [1.807, 2.05) is 12.1 Å². The van der Waals surface area contributed by atoms with E-state index in [1.165, 1.54) is 0 Å². The average molecular weight is 366 g/mol. The van der Waals surface area contributed by atoms with Crippen LogP contribution in [-0.4, -0.2) is 51.8 Å². The zero-order valence-corrected chi connectivity index (χ0v) is 17.0. The standard InChI is InChI=1S/C19H31NO4Si/c1-19(2,3)25(4,5)24-17(18(21)22)14-15-6-8-16(9-7-15)20-10-12-23-13-11-20/h6-9,17H,10-14H2,1-5H3,(H,21,22)/t17-/m1/s1. The third kappa shape index (κ3) is 5.30. The third-order valence-electron chi connectivity index (χ3n) is 5.25. The van der Waals surface area contributed by atoms with E-state index in [-0.39, 0.29) is 5.04 Å². The summed E-state index contributed by atoms with van der Waals surface area (Å²) >= 11 is 0. The first-order chi connectivity index (χ1) is 11.6. The van der Waals surface area contributed by atoms with Crippen molar-refractivity contribution in [2.45, 2.75) is 51.4 Å². The lowest BCUT2D eigenvalue weighted by molar-refractivity contribution is -0.145. The molecule has 2 rings (SSSR count). The molecule has 5 nitrogen and oxygen atoms in total. The molecule has 1 atom stereocenters. The lowest BCUT2D eigenvalue weighted by Gasteiger charge is -2.38. The first-order valence-corrected chi connectivity index (χ1v) is 11.8. The van der Waals surface area contributed by atoms with Gasteiger partial charge in [0.1, 0.15) is 6.10 Å². The molecule has 0 amide bonds. The molecule has 1 aliphatic heterocycles. The van der Waals surface area contributed by atoms with Crippen LogP contribution in [0.15, 0.2) is 24.3 Å². The van der Waals surface area contributed by atoms with E-state index in [2.05, 4.69) is 50.9 Å². The van der Waals surface area contributed by atoms with Gasteiger partial charge in [-0.1, -0.05) is 32.9 Å². The molecule has 6 heteroatoms. The summed E-state index contributed by atoms with van der Waals surface area (Å²) in [5.41, 5.74) is 2.15. The molecular formula is C19H31NO4Si. The van der Waals surface area contributed by atoms with Crippen molar-refractivity contribution >= 4 is 20.0 Å². The van der Waals surface area contributed by atoms with Crippen molar-refractivity contribution in [1.82, 2.24) is 0 Å². The van der Waals surface area contributed by atoms with Crippen molar-refractivity contribution in [3.05, 3.63) is 29.8 Å². The summed E-state index contributed by atoms with van der Waals surface area (Å²) in [6.45, 7) is 13.8. The Labute approximate surface area is 152 Å². The molecule has 1 fully saturated rings. The van der Waals surface area contributed by atoms with Crippen LogP contribution in [0.25, 0.3) is 0 Å². The molecule has 1 aromatic rings. The number of hydrogen-bond donors (Lipinski definition) is 1. The zero-order chi connectivity index (χ0) is 18.7. The molecular weight excluding hydrogens is 334 g/mol. The highest BCUT2D eigenvalue weighted by Crippen LogP contribution is 2.37. The van der Waals surface area contributed by atoms with Gasteiger partial charge in [0.15, 0.2) is 8.32 Å². The number of morpholine rings is 1. The summed E-state index contributed by atoms with van der Waals surface area (Å²) in [5.74, 6) is -0.887. The van der Waals surface area contributed by atoms with Gasteiger partial charge in [0.05, 0.1) is 13.2 Å². The highest BCUT2D eigenvalue weighted by molar-refractivity contribution is 6.74. The van der Waals surface area contributed by atoms with Gasteiger partial charge in [-0.2, -0.15) is 0 Å². The molecule has 140 valence electrons. The van der Waals surface area contributed by atoms with Gasteiger partial charge in [-0.25, -0.2) is 4.79 Å². The Balaban J connectivity index is 2.05. The maximum absolute atomic E-state index is 11.7. The monoisotopic (exact) mass is 365 g/mol. The van der Waals surface area contributed by atoms with Crippen molar-refractivity contribution in [3.63, 3.8) is 0 Å². The quantitative estimate of drug-likeness (QED) is 0.782. The Morgan fingerprint density at radius 1 is 1.24 bits per heavy atom. The fourth-order valence-corrected chi connectivity index (χ4v) is 3.84. The number of carboxylic acid groups (broad SMARTS) is 1. The van der Waals surface area contributed by atoms with Gasteiger partial charge in [0.2, 0.25) is 0 Å². The fourth-order valence-electron chi connectivity index (χ4n) is 2.59. The van der Waals surface area contributed by atoms with Crippen molar-refractivity contribution < 1.29 is 19.1 Å². The minimum Gasteiger partial charge on any atom is -0.479 e. The largest absolute Gasteiger partial charge is 0.479 e. The van der Waals surface area contributed by atoms with E-state index in [1.54, 1.807) is 0 Å². The Morgan fingerprint density at radius 2 is 1.80 bits per heavy atom. The van der Waals surface area contributed by atoms with Crippen LogP contribution >= 0.6 is 0 Å². The predicted octanol–water partition coefficient (Wildman–Crippen LogP) is 3.54. The van der Waals surface area contributed by atoms with Gasteiger partial charge >= 0.3 is 5.97 Å². The van der Waals surface area contributed by atoms with Crippen LogP contribution in [0.2, 0.25) is 18.1 Å². The molecule has 25 heavy (non-hydrogen) atoms. The number of ether oxygens (including phenoxy) is 1. The molecule has 0 aliphatic carbocycles. The number of rotatable bonds is 6.